The van der Waals surface area contributed by atoms with Crippen molar-refractivity contribution in [2.24, 2.45) is 0 Å². The van der Waals surface area contributed by atoms with Crippen LogP contribution in [0.15, 0.2) is 59.7 Å². The zero-order valence-electron chi connectivity index (χ0n) is 15.6. The van der Waals surface area contributed by atoms with E-state index in [9.17, 15) is 4.79 Å². The Morgan fingerprint density at radius 1 is 1.11 bits per heavy atom. The summed E-state index contributed by atoms with van der Waals surface area (Å²) in [6, 6.07) is 14.0. The first-order valence-corrected chi connectivity index (χ1v) is 8.82. The number of aromatic nitrogens is 4. The molecule has 4 rings (SSSR count). The maximum absolute atomic E-state index is 13.4. The number of fused-ring (bicyclic) bond motifs is 3. The largest absolute Gasteiger partial charge is 0.377 e. The average Bonchev–Trinajstić information content (AvgIpc) is 3.14. The lowest BCUT2D eigenvalue weighted by Crippen LogP contribution is -2.25. The Morgan fingerprint density at radius 3 is 2.63 bits per heavy atom. The van der Waals surface area contributed by atoms with E-state index in [1.165, 1.54) is 0 Å². The summed E-state index contributed by atoms with van der Waals surface area (Å²) in [4.78, 5) is 15.4. The number of allylic oxidation sites excluding steroid dienone is 1. The lowest BCUT2D eigenvalue weighted by atomic mass is 10.1. The normalized spacial score (nSPS) is 11.7. The molecule has 2 aromatic carbocycles. The van der Waals surface area contributed by atoms with Gasteiger partial charge < -0.3 is 4.90 Å². The van der Waals surface area contributed by atoms with Crippen LogP contribution in [-0.4, -0.2) is 33.3 Å². The third-order valence-electron chi connectivity index (χ3n) is 4.69. The Hall–Kier alpha value is -3.41. The molecule has 0 aliphatic rings. The number of rotatable bonds is 4. The molecular formula is C21H21N5O. The van der Waals surface area contributed by atoms with Crippen LogP contribution in [0.5, 0.6) is 0 Å². The van der Waals surface area contributed by atoms with Gasteiger partial charge in [0.1, 0.15) is 6.33 Å². The number of aryl methyl sites for hydroxylation is 1. The van der Waals surface area contributed by atoms with Crippen molar-refractivity contribution < 1.29 is 0 Å². The molecule has 0 saturated heterocycles. The summed E-state index contributed by atoms with van der Waals surface area (Å²) in [5.74, 6) is 0.541. The van der Waals surface area contributed by atoms with Gasteiger partial charge in [-0.05, 0) is 24.1 Å². The molecule has 0 aliphatic heterocycles. The SMILES string of the molecule is Cc1ccc2c(c1N(C)C)c(=O)n(C/C=C/c1ccccc1)c1nncn21. The molecule has 6 nitrogen and oxygen atoms in total. The molecule has 0 bridgehead atoms. The molecule has 0 aliphatic carbocycles. The Morgan fingerprint density at radius 2 is 1.89 bits per heavy atom. The Kier molecular flexibility index (Phi) is 4.24. The van der Waals surface area contributed by atoms with Gasteiger partial charge in [-0.25, -0.2) is 0 Å². The van der Waals surface area contributed by atoms with Gasteiger partial charge in [0.25, 0.3) is 5.56 Å². The van der Waals surface area contributed by atoms with Gasteiger partial charge in [0.05, 0.1) is 16.6 Å². The fourth-order valence-corrected chi connectivity index (χ4v) is 3.50. The second-order valence-corrected chi connectivity index (χ2v) is 6.75. The van der Waals surface area contributed by atoms with E-state index in [4.69, 9.17) is 0 Å². The van der Waals surface area contributed by atoms with E-state index in [0.717, 1.165) is 22.3 Å². The van der Waals surface area contributed by atoms with Crippen LogP contribution < -0.4 is 10.5 Å². The summed E-state index contributed by atoms with van der Waals surface area (Å²) in [7, 11) is 3.91. The van der Waals surface area contributed by atoms with E-state index in [-0.39, 0.29) is 5.56 Å². The fourth-order valence-electron chi connectivity index (χ4n) is 3.50. The van der Waals surface area contributed by atoms with Crippen molar-refractivity contribution in [2.45, 2.75) is 13.5 Å². The van der Waals surface area contributed by atoms with Crippen LogP contribution in [0, 0.1) is 6.92 Å². The van der Waals surface area contributed by atoms with Crippen LogP contribution in [0.1, 0.15) is 11.1 Å². The quantitative estimate of drug-likeness (QED) is 0.562. The second-order valence-electron chi connectivity index (χ2n) is 6.75. The zero-order chi connectivity index (χ0) is 19.0. The van der Waals surface area contributed by atoms with Crippen molar-refractivity contribution in [1.29, 1.82) is 0 Å². The van der Waals surface area contributed by atoms with Crippen molar-refractivity contribution in [2.75, 3.05) is 19.0 Å². The van der Waals surface area contributed by atoms with Crippen molar-refractivity contribution >= 4 is 28.4 Å². The highest BCUT2D eigenvalue weighted by molar-refractivity contribution is 5.94. The molecule has 0 saturated carbocycles. The van der Waals surface area contributed by atoms with Crippen LogP contribution in [-0.2, 0) is 6.54 Å². The number of anilines is 1. The van der Waals surface area contributed by atoms with E-state index in [1.807, 2.05) is 84.9 Å². The van der Waals surface area contributed by atoms with Crippen molar-refractivity contribution in [1.82, 2.24) is 19.2 Å². The second kappa shape index (κ2) is 6.72. The molecule has 4 aromatic rings. The molecule has 6 heteroatoms. The van der Waals surface area contributed by atoms with E-state index in [2.05, 4.69) is 10.2 Å². The van der Waals surface area contributed by atoms with Gasteiger partial charge in [-0.1, -0.05) is 48.6 Å². The van der Waals surface area contributed by atoms with Gasteiger partial charge in [-0.3, -0.25) is 13.8 Å². The summed E-state index contributed by atoms with van der Waals surface area (Å²) in [5.41, 5.74) is 3.83. The molecule has 2 aromatic heterocycles. The highest BCUT2D eigenvalue weighted by Gasteiger charge is 2.17. The first kappa shape index (κ1) is 17.0. The first-order chi connectivity index (χ1) is 13.1. The summed E-state index contributed by atoms with van der Waals surface area (Å²) < 4.78 is 3.54. The minimum absolute atomic E-state index is 0.0596. The summed E-state index contributed by atoms with van der Waals surface area (Å²) in [5, 5.41) is 8.89. The van der Waals surface area contributed by atoms with E-state index in [1.54, 1.807) is 10.9 Å². The van der Waals surface area contributed by atoms with E-state index >= 15 is 0 Å². The lowest BCUT2D eigenvalue weighted by molar-refractivity contribution is 0.787. The minimum Gasteiger partial charge on any atom is -0.377 e. The van der Waals surface area contributed by atoms with Gasteiger partial charge in [-0.15, -0.1) is 10.2 Å². The first-order valence-electron chi connectivity index (χ1n) is 8.82. The lowest BCUT2D eigenvalue weighted by Gasteiger charge is -2.19. The molecule has 0 spiro atoms. The molecule has 136 valence electrons. The Labute approximate surface area is 157 Å². The number of benzene rings is 2. The smallest absolute Gasteiger partial charge is 0.265 e. The van der Waals surface area contributed by atoms with Crippen LogP contribution in [0.2, 0.25) is 0 Å². The zero-order valence-corrected chi connectivity index (χ0v) is 15.6. The Bertz CT molecular complexity index is 1200. The van der Waals surface area contributed by atoms with E-state index in [0.29, 0.717) is 17.7 Å². The van der Waals surface area contributed by atoms with Crippen molar-refractivity contribution in [3.8, 4) is 0 Å². The van der Waals surface area contributed by atoms with Gasteiger partial charge in [0.15, 0.2) is 0 Å². The molecular weight excluding hydrogens is 338 g/mol. The number of hydrogen-bond donors (Lipinski definition) is 0. The predicted molar refractivity (Wildman–Crippen MR) is 109 cm³/mol. The fraction of sp³-hybridized carbons (Fsp3) is 0.190. The maximum atomic E-state index is 13.4. The number of nitrogens with zero attached hydrogens (tertiary/aromatic N) is 5. The number of hydrogen-bond acceptors (Lipinski definition) is 4. The van der Waals surface area contributed by atoms with Crippen molar-refractivity contribution in [3.63, 3.8) is 0 Å². The minimum atomic E-state index is -0.0596. The van der Waals surface area contributed by atoms with Gasteiger partial charge >= 0.3 is 0 Å². The molecule has 0 atom stereocenters. The monoisotopic (exact) mass is 359 g/mol. The molecule has 0 amide bonds. The highest BCUT2D eigenvalue weighted by atomic mass is 16.1. The molecule has 2 heterocycles. The predicted octanol–water partition coefficient (Wildman–Crippen LogP) is 3.13. The van der Waals surface area contributed by atoms with Crippen LogP contribution >= 0.6 is 0 Å². The average molecular weight is 359 g/mol. The third-order valence-corrected chi connectivity index (χ3v) is 4.69. The summed E-state index contributed by atoms with van der Waals surface area (Å²) in [6.07, 6.45) is 5.64. The standard InChI is InChI=1S/C21H21N5O/c1-15-11-12-17-18(19(15)24(2)3)20(27)25(21-23-22-14-26(17)21)13-7-10-16-8-5-4-6-9-16/h4-12,14H,13H2,1-3H3/b10-7+. The van der Waals surface area contributed by atoms with Gasteiger partial charge in [0.2, 0.25) is 5.78 Å². The maximum Gasteiger partial charge on any atom is 0.265 e. The van der Waals surface area contributed by atoms with Gasteiger partial charge in [0, 0.05) is 20.6 Å². The molecule has 0 radical (unpaired) electrons. The highest BCUT2D eigenvalue weighted by Crippen LogP contribution is 2.27. The van der Waals surface area contributed by atoms with Crippen LogP contribution in [0.4, 0.5) is 5.69 Å². The van der Waals surface area contributed by atoms with Crippen LogP contribution in [0.25, 0.3) is 22.8 Å². The van der Waals surface area contributed by atoms with Crippen molar-refractivity contribution in [3.05, 3.63) is 76.3 Å². The Balaban J connectivity index is 1.93. The summed E-state index contributed by atoms with van der Waals surface area (Å²) >= 11 is 0. The third kappa shape index (κ3) is 2.89. The van der Waals surface area contributed by atoms with E-state index < -0.39 is 0 Å². The molecule has 0 N–H and O–H groups in total. The van der Waals surface area contributed by atoms with Crippen LogP contribution in [0.3, 0.4) is 0 Å². The molecule has 0 unspecified atom stereocenters. The topological polar surface area (TPSA) is 55.4 Å². The molecule has 27 heavy (non-hydrogen) atoms. The molecule has 0 fully saturated rings. The van der Waals surface area contributed by atoms with Gasteiger partial charge in [-0.2, -0.15) is 0 Å². The summed E-state index contributed by atoms with van der Waals surface area (Å²) in [6.45, 7) is 2.44.